The van der Waals surface area contributed by atoms with Gasteiger partial charge in [-0.1, -0.05) is 36.4 Å². The van der Waals surface area contributed by atoms with Crippen molar-refractivity contribution in [1.29, 1.82) is 0 Å². The molecule has 0 bridgehead atoms. The van der Waals surface area contributed by atoms with Gasteiger partial charge in [0, 0.05) is 10.8 Å². The second-order valence-corrected chi connectivity index (χ2v) is 7.95. The van der Waals surface area contributed by atoms with Crippen molar-refractivity contribution in [1.82, 2.24) is 3.97 Å². The number of ether oxygens (including phenoxy) is 2. The van der Waals surface area contributed by atoms with Crippen molar-refractivity contribution in [2.45, 2.75) is 4.90 Å². The number of methoxy groups -OCH3 is 2. The van der Waals surface area contributed by atoms with E-state index in [2.05, 4.69) is 0 Å². The number of rotatable bonds is 4. The Hall–Kier alpha value is -3.32. The molecule has 0 N–H and O–H groups in total. The Labute approximate surface area is 162 Å². The average Bonchev–Trinajstić information content (AvgIpc) is 3.07. The Morgan fingerprint density at radius 3 is 2.21 bits per heavy atom. The fourth-order valence-corrected chi connectivity index (χ4v) is 4.90. The van der Waals surface area contributed by atoms with Gasteiger partial charge < -0.3 is 9.47 Å². The van der Waals surface area contributed by atoms with E-state index in [9.17, 15) is 13.2 Å². The summed E-state index contributed by atoms with van der Waals surface area (Å²) in [6.07, 6.45) is 0. The molecule has 0 atom stereocenters. The maximum Gasteiger partial charge on any atom is 0.341 e. The number of carbonyl (C=O) groups excluding carboxylic acids is 1. The lowest BCUT2D eigenvalue weighted by atomic mass is 10.1. The highest BCUT2D eigenvalue weighted by Crippen LogP contribution is 2.36. The summed E-state index contributed by atoms with van der Waals surface area (Å²) < 4.78 is 38.3. The molecule has 142 valence electrons. The molecule has 0 fully saturated rings. The largest absolute Gasteiger partial charge is 0.496 e. The minimum Gasteiger partial charge on any atom is -0.496 e. The van der Waals surface area contributed by atoms with Crippen LogP contribution in [0.2, 0.25) is 0 Å². The molecule has 1 heterocycles. The van der Waals surface area contributed by atoms with Gasteiger partial charge in [-0.3, -0.25) is 0 Å². The summed E-state index contributed by atoms with van der Waals surface area (Å²) in [4.78, 5) is 12.4. The lowest BCUT2D eigenvalue weighted by molar-refractivity contribution is 0.0597. The van der Waals surface area contributed by atoms with E-state index in [1.807, 2.05) is 12.1 Å². The summed E-state index contributed by atoms with van der Waals surface area (Å²) in [5.41, 5.74) is 1.06. The summed E-state index contributed by atoms with van der Waals surface area (Å²) in [6.45, 7) is 0. The first-order valence-corrected chi connectivity index (χ1v) is 9.93. The van der Waals surface area contributed by atoms with Crippen LogP contribution in [0.1, 0.15) is 10.4 Å². The summed E-state index contributed by atoms with van der Waals surface area (Å²) >= 11 is 0. The Bertz CT molecular complexity index is 1310. The zero-order valence-corrected chi connectivity index (χ0v) is 16.1. The normalized spacial score (nSPS) is 11.6. The average molecular weight is 395 g/mol. The molecule has 4 aromatic rings. The van der Waals surface area contributed by atoms with Crippen molar-refractivity contribution in [3.63, 3.8) is 0 Å². The molecule has 1 aromatic heterocycles. The lowest BCUT2D eigenvalue weighted by Crippen LogP contribution is -2.13. The third kappa shape index (κ3) is 2.63. The van der Waals surface area contributed by atoms with Crippen LogP contribution in [0.25, 0.3) is 21.8 Å². The van der Waals surface area contributed by atoms with Gasteiger partial charge >= 0.3 is 5.97 Å². The first kappa shape index (κ1) is 18.1. The zero-order valence-electron chi connectivity index (χ0n) is 15.2. The van der Waals surface area contributed by atoms with Gasteiger partial charge in [-0.25, -0.2) is 17.2 Å². The van der Waals surface area contributed by atoms with Crippen LogP contribution in [0.5, 0.6) is 5.75 Å². The van der Waals surface area contributed by atoms with Crippen LogP contribution in [0.15, 0.2) is 71.6 Å². The molecule has 6 nitrogen and oxygen atoms in total. The van der Waals surface area contributed by atoms with Crippen LogP contribution in [0.3, 0.4) is 0 Å². The van der Waals surface area contributed by atoms with Gasteiger partial charge in [0.1, 0.15) is 11.3 Å². The van der Waals surface area contributed by atoms with E-state index < -0.39 is 16.0 Å². The highest BCUT2D eigenvalue weighted by atomic mass is 32.2. The van der Waals surface area contributed by atoms with Gasteiger partial charge in [-0.2, -0.15) is 0 Å². The van der Waals surface area contributed by atoms with E-state index in [1.54, 1.807) is 48.5 Å². The number of esters is 1. The van der Waals surface area contributed by atoms with Crippen LogP contribution in [-0.4, -0.2) is 32.6 Å². The molecule has 0 saturated carbocycles. The molecule has 0 aliphatic rings. The summed E-state index contributed by atoms with van der Waals surface area (Å²) in [5.74, 6) is -0.285. The highest BCUT2D eigenvalue weighted by Gasteiger charge is 2.25. The molecule has 4 rings (SSSR count). The van der Waals surface area contributed by atoms with Gasteiger partial charge in [0.2, 0.25) is 0 Å². The summed E-state index contributed by atoms with van der Waals surface area (Å²) in [6, 6.07) is 18.5. The van der Waals surface area contributed by atoms with Gasteiger partial charge in [-0.05, 0) is 30.3 Å². The highest BCUT2D eigenvalue weighted by molar-refractivity contribution is 7.90. The number of fused-ring (bicyclic) bond motifs is 3. The molecule has 3 aromatic carbocycles. The van der Waals surface area contributed by atoms with E-state index in [0.29, 0.717) is 22.2 Å². The fraction of sp³-hybridized carbons (Fsp3) is 0.0952. The molecule has 0 unspecified atom stereocenters. The monoisotopic (exact) mass is 395 g/mol. The van der Waals surface area contributed by atoms with E-state index >= 15 is 0 Å². The van der Waals surface area contributed by atoms with Crippen LogP contribution in [0.4, 0.5) is 0 Å². The molecule has 0 amide bonds. The standard InChI is InChI=1S/C21H17NO5S/c1-26-20-13-16-15-10-6-7-11-18(15)22(19(16)12-17(20)21(23)27-2)28(24,25)14-8-4-3-5-9-14/h3-13H,1-2H3. The molecule has 28 heavy (non-hydrogen) atoms. The van der Waals surface area contributed by atoms with Crippen LogP contribution >= 0.6 is 0 Å². The minimum atomic E-state index is -3.89. The molecule has 0 saturated heterocycles. The quantitative estimate of drug-likeness (QED) is 0.491. The SMILES string of the molecule is COC(=O)c1cc2c(cc1OC)c1ccccc1n2S(=O)(=O)c1ccccc1. The van der Waals surface area contributed by atoms with Gasteiger partial charge in [0.25, 0.3) is 10.0 Å². The summed E-state index contributed by atoms with van der Waals surface area (Å²) in [5, 5.41) is 1.41. The third-order valence-corrected chi connectivity index (χ3v) is 6.38. The molecular weight excluding hydrogens is 378 g/mol. The predicted molar refractivity (Wildman–Crippen MR) is 106 cm³/mol. The molecule has 0 spiro atoms. The first-order valence-electron chi connectivity index (χ1n) is 8.49. The van der Waals surface area contributed by atoms with Crippen molar-refractivity contribution in [2.24, 2.45) is 0 Å². The Morgan fingerprint density at radius 2 is 1.54 bits per heavy atom. The number of aromatic nitrogens is 1. The Kier molecular flexibility index (Phi) is 4.31. The van der Waals surface area contributed by atoms with E-state index in [4.69, 9.17) is 9.47 Å². The minimum absolute atomic E-state index is 0.157. The van der Waals surface area contributed by atoms with E-state index in [0.717, 1.165) is 5.39 Å². The van der Waals surface area contributed by atoms with Crippen LogP contribution in [-0.2, 0) is 14.8 Å². The van der Waals surface area contributed by atoms with Crippen molar-refractivity contribution >= 4 is 37.8 Å². The second-order valence-electron chi connectivity index (χ2n) is 6.16. The van der Waals surface area contributed by atoms with Crippen molar-refractivity contribution in [2.75, 3.05) is 14.2 Å². The molecular formula is C21H17NO5S. The predicted octanol–water partition coefficient (Wildman–Crippen LogP) is 3.83. The first-order chi connectivity index (χ1) is 13.5. The number of hydrogen-bond acceptors (Lipinski definition) is 5. The summed E-state index contributed by atoms with van der Waals surface area (Å²) in [7, 11) is -1.18. The number of hydrogen-bond donors (Lipinski definition) is 0. The molecule has 0 radical (unpaired) electrons. The van der Waals surface area contributed by atoms with Crippen molar-refractivity contribution in [3.8, 4) is 5.75 Å². The van der Waals surface area contributed by atoms with E-state index in [1.165, 1.54) is 24.3 Å². The van der Waals surface area contributed by atoms with E-state index in [-0.39, 0.29) is 10.5 Å². The lowest BCUT2D eigenvalue weighted by Gasteiger charge is -2.11. The molecule has 0 aliphatic heterocycles. The van der Waals surface area contributed by atoms with Crippen LogP contribution < -0.4 is 4.74 Å². The number of nitrogens with zero attached hydrogens (tertiary/aromatic N) is 1. The Balaban J connectivity index is 2.17. The van der Waals surface area contributed by atoms with Gasteiger partial charge in [0.05, 0.1) is 30.1 Å². The maximum atomic E-state index is 13.4. The topological polar surface area (TPSA) is 74.6 Å². The van der Waals surface area contributed by atoms with Crippen LogP contribution in [0, 0.1) is 0 Å². The van der Waals surface area contributed by atoms with Crippen molar-refractivity contribution in [3.05, 3.63) is 72.3 Å². The maximum absolute atomic E-state index is 13.4. The van der Waals surface area contributed by atoms with Crippen molar-refractivity contribution < 1.29 is 22.7 Å². The van der Waals surface area contributed by atoms with Gasteiger partial charge in [0.15, 0.2) is 0 Å². The van der Waals surface area contributed by atoms with Gasteiger partial charge in [-0.15, -0.1) is 0 Å². The number of carbonyl (C=O) groups is 1. The Morgan fingerprint density at radius 1 is 0.857 bits per heavy atom. The third-order valence-electron chi connectivity index (χ3n) is 4.64. The second kappa shape index (κ2) is 6.69. The number of benzene rings is 3. The zero-order chi connectivity index (χ0) is 19.9. The smallest absolute Gasteiger partial charge is 0.341 e. The molecule has 0 aliphatic carbocycles. The number of para-hydroxylation sites is 1. The fourth-order valence-electron chi connectivity index (χ4n) is 3.36. The molecule has 7 heteroatoms.